The van der Waals surface area contributed by atoms with Crippen molar-refractivity contribution in [2.24, 2.45) is 0 Å². The molecule has 4 heteroatoms. The first kappa shape index (κ1) is 20.3. The van der Waals surface area contributed by atoms with Crippen molar-refractivity contribution in [1.29, 1.82) is 0 Å². The van der Waals surface area contributed by atoms with Gasteiger partial charge >= 0.3 is 0 Å². The van der Waals surface area contributed by atoms with Crippen molar-refractivity contribution in [3.8, 4) is 0 Å². The van der Waals surface area contributed by atoms with Gasteiger partial charge in [0.1, 0.15) is 0 Å². The molecule has 28 heavy (non-hydrogen) atoms. The van der Waals surface area contributed by atoms with Crippen LogP contribution in [0, 0.1) is 6.92 Å². The van der Waals surface area contributed by atoms with Gasteiger partial charge in [-0.05, 0) is 25.0 Å². The Labute approximate surface area is 168 Å². The summed E-state index contributed by atoms with van der Waals surface area (Å²) in [5.74, 6) is 0.109. The Balaban J connectivity index is 1.39. The van der Waals surface area contributed by atoms with Crippen LogP contribution in [0.5, 0.6) is 0 Å². The number of hydrogen-bond acceptors (Lipinski definition) is 3. The molecule has 3 rings (SSSR count). The fraction of sp³-hybridized carbons (Fsp3) is 0.375. The van der Waals surface area contributed by atoms with E-state index in [2.05, 4.69) is 82.7 Å². The highest BCUT2D eigenvalue weighted by atomic mass is 16.2. The highest BCUT2D eigenvalue weighted by Gasteiger charge is 2.24. The molecule has 1 atom stereocenters. The molecular weight excluding hydrogens is 346 g/mol. The van der Waals surface area contributed by atoms with E-state index in [0.717, 1.165) is 38.3 Å². The summed E-state index contributed by atoms with van der Waals surface area (Å²) in [6, 6.07) is 18.6. The van der Waals surface area contributed by atoms with E-state index >= 15 is 0 Å². The molecule has 2 aromatic rings. The third-order valence-corrected chi connectivity index (χ3v) is 5.39. The van der Waals surface area contributed by atoms with Crippen molar-refractivity contribution in [2.45, 2.75) is 26.4 Å². The van der Waals surface area contributed by atoms with Crippen LogP contribution < -0.4 is 5.32 Å². The Kier molecular flexibility index (Phi) is 7.40. The van der Waals surface area contributed by atoms with E-state index in [9.17, 15) is 4.79 Å². The zero-order chi connectivity index (χ0) is 19.8. The van der Waals surface area contributed by atoms with Gasteiger partial charge in [0, 0.05) is 39.3 Å². The van der Waals surface area contributed by atoms with Crippen molar-refractivity contribution in [2.75, 3.05) is 32.7 Å². The summed E-state index contributed by atoms with van der Waals surface area (Å²) in [5, 5.41) is 3.07. The van der Waals surface area contributed by atoms with Crippen LogP contribution >= 0.6 is 0 Å². The molecule has 0 aliphatic carbocycles. The third-order valence-electron chi connectivity index (χ3n) is 5.39. The minimum absolute atomic E-state index is 0.0903. The predicted octanol–water partition coefficient (Wildman–Crippen LogP) is 3.33. The molecule has 0 bridgehead atoms. The van der Waals surface area contributed by atoms with Crippen LogP contribution in [0.25, 0.3) is 6.08 Å². The molecule has 1 unspecified atom stereocenters. The summed E-state index contributed by atoms with van der Waals surface area (Å²) in [6.07, 6.45) is 4.40. The molecule has 0 aromatic heterocycles. The van der Waals surface area contributed by atoms with Crippen molar-refractivity contribution < 1.29 is 4.79 Å². The number of nitrogens with zero attached hydrogens (tertiary/aromatic N) is 2. The molecule has 1 heterocycles. The summed E-state index contributed by atoms with van der Waals surface area (Å²) < 4.78 is 0. The van der Waals surface area contributed by atoms with E-state index in [-0.39, 0.29) is 11.9 Å². The van der Waals surface area contributed by atoms with Crippen LogP contribution in [0.4, 0.5) is 0 Å². The van der Waals surface area contributed by atoms with Gasteiger partial charge in [-0.2, -0.15) is 0 Å². The molecule has 4 nitrogen and oxygen atoms in total. The number of benzene rings is 2. The van der Waals surface area contributed by atoms with Gasteiger partial charge < -0.3 is 5.32 Å². The minimum atomic E-state index is -0.0903. The zero-order valence-electron chi connectivity index (χ0n) is 17.0. The fourth-order valence-corrected chi connectivity index (χ4v) is 3.44. The normalized spacial score (nSPS) is 16.9. The largest absolute Gasteiger partial charge is 0.351 e. The Morgan fingerprint density at radius 2 is 1.71 bits per heavy atom. The Hall–Kier alpha value is -2.43. The van der Waals surface area contributed by atoms with Crippen LogP contribution in [-0.2, 0) is 11.3 Å². The second kappa shape index (κ2) is 10.2. The average molecular weight is 378 g/mol. The summed E-state index contributed by atoms with van der Waals surface area (Å²) >= 11 is 0. The Morgan fingerprint density at radius 3 is 2.39 bits per heavy atom. The number of amides is 1. The molecule has 0 radical (unpaired) electrons. The number of carbonyl (C=O) groups excluding carboxylic acids is 1. The molecule has 1 saturated heterocycles. The molecule has 1 N–H and O–H groups in total. The first-order valence-electron chi connectivity index (χ1n) is 10.1. The van der Waals surface area contributed by atoms with E-state index in [1.807, 2.05) is 13.0 Å². The van der Waals surface area contributed by atoms with Gasteiger partial charge in [-0.25, -0.2) is 0 Å². The lowest BCUT2D eigenvalue weighted by molar-refractivity contribution is -0.126. The van der Waals surface area contributed by atoms with Crippen molar-refractivity contribution in [1.82, 2.24) is 15.1 Å². The van der Waals surface area contributed by atoms with E-state index in [1.54, 1.807) is 0 Å². The van der Waals surface area contributed by atoms with Crippen LogP contribution in [0.1, 0.15) is 23.6 Å². The van der Waals surface area contributed by atoms with E-state index in [4.69, 9.17) is 0 Å². The molecular formula is C24H31N3O. The van der Waals surface area contributed by atoms with Crippen LogP contribution in [0.2, 0.25) is 0 Å². The standard InChI is InChI=1S/C24H31N3O/c1-20-10-12-23(13-11-20)19-25-24(28)21(2)27-17-15-26(16-18-27)14-6-9-22-7-4-3-5-8-22/h3-13,21H,14-19H2,1-2H3,(H,25,28)/b9-6+. The van der Waals surface area contributed by atoms with E-state index < -0.39 is 0 Å². The van der Waals surface area contributed by atoms with Crippen LogP contribution in [0.15, 0.2) is 60.7 Å². The van der Waals surface area contributed by atoms with E-state index in [1.165, 1.54) is 11.1 Å². The van der Waals surface area contributed by atoms with Crippen molar-refractivity contribution in [3.05, 3.63) is 77.4 Å². The molecule has 1 amide bonds. The van der Waals surface area contributed by atoms with Gasteiger partial charge in [-0.15, -0.1) is 0 Å². The maximum Gasteiger partial charge on any atom is 0.237 e. The van der Waals surface area contributed by atoms with Gasteiger partial charge in [0.05, 0.1) is 6.04 Å². The summed E-state index contributed by atoms with van der Waals surface area (Å²) in [6.45, 7) is 9.47. The van der Waals surface area contributed by atoms with E-state index in [0.29, 0.717) is 6.54 Å². The molecule has 0 saturated carbocycles. The quantitative estimate of drug-likeness (QED) is 0.804. The van der Waals surface area contributed by atoms with Crippen molar-refractivity contribution in [3.63, 3.8) is 0 Å². The molecule has 2 aromatic carbocycles. The van der Waals surface area contributed by atoms with Gasteiger partial charge in [0.25, 0.3) is 0 Å². The maximum absolute atomic E-state index is 12.5. The second-order valence-corrected chi connectivity index (χ2v) is 7.53. The summed E-state index contributed by atoms with van der Waals surface area (Å²) in [7, 11) is 0. The topological polar surface area (TPSA) is 35.6 Å². The molecule has 1 fully saturated rings. The molecule has 148 valence electrons. The van der Waals surface area contributed by atoms with Crippen molar-refractivity contribution >= 4 is 12.0 Å². The van der Waals surface area contributed by atoms with Gasteiger partial charge in [0.15, 0.2) is 0 Å². The number of carbonyl (C=O) groups is 1. The van der Waals surface area contributed by atoms with Gasteiger partial charge in [-0.3, -0.25) is 14.6 Å². The Bertz CT molecular complexity index is 762. The number of piperazine rings is 1. The predicted molar refractivity (Wildman–Crippen MR) is 116 cm³/mol. The van der Waals surface area contributed by atoms with Crippen LogP contribution in [0.3, 0.4) is 0 Å². The first-order chi connectivity index (χ1) is 13.6. The Morgan fingerprint density at radius 1 is 1.04 bits per heavy atom. The first-order valence-corrected chi connectivity index (χ1v) is 10.1. The van der Waals surface area contributed by atoms with Crippen LogP contribution in [-0.4, -0.2) is 54.5 Å². The lowest BCUT2D eigenvalue weighted by Gasteiger charge is -2.37. The molecule has 1 aliphatic rings. The second-order valence-electron chi connectivity index (χ2n) is 7.53. The number of nitrogens with one attached hydrogen (secondary N) is 1. The third kappa shape index (κ3) is 6.04. The lowest BCUT2D eigenvalue weighted by Crippen LogP contribution is -2.53. The van der Waals surface area contributed by atoms with Gasteiger partial charge in [-0.1, -0.05) is 72.3 Å². The summed E-state index contributed by atoms with van der Waals surface area (Å²) in [4.78, 5) is 17.2. The monoisotopic (exact) mass is 377 g/mol. The maximum atomic E-state index is 12.5. The number of hydrogen-bond donors (Lipinski definition) is 1. The average Bonchev–Trinajstić information content (AvgIpc) is 2.74. The fourth-order valence-electron chi connectivity index (χ4n) is 3.44. The highest BCUT2D eigenvalue weighted by molar-refractivity contribution is 5.81. The highest BCUT2D eigenvalue weighted by Crippen LogP contribution is 2.09. The summed E-state index contributed by atoms with van der Waals surface area (Å²) in [5.41, 5.74) is 3.61. The number of rotatable bonds is 7. The zero-order valence-corrected chi connectivity index (χ0v) is 17.0. The smallest absolute Gasteiger partial charge is 0.237 e. The van der Waals surface area contributed by atoms with Gasteiger partial charge in [0.2, 0.25) is 5.91 Å². The lowest BCUT2D eigenvalue weighted by atomic mass is 10.1. The molecule has 1 aliphatic heterocycles. The minimum Gasteiger partial charge on any atom is -0.351 e. The SMILES string of the molecule is Cc1ccc(CNC(=O)C(C)N2CCN(C/C=C/c3ccccc3)CC2)cc1. The number of aryl methyl sites for hydroxylation is 1. The molecule has 0 spiro atoms.